The van der Waals surface area contributed by atoms with Crippen molar-refractivity contribution in [3.05, 3.63) is 53.6 Å². The van der Waals surface area contributed by atoms with Crippen LogP contribution in [-0.4, -0.2) is 47.3 Å². The number of rotatable bonds is 8. The molecule has 1 aliphatic heterocycles. The van der Waals surface area contributed by atoms with Gasteiger partial charge in [0.05, 0.1) is 29.2 Å². The molecule has 1 aromatic carbocycles. The van der Waals surface area contributed by atoms with Gasteiger partial charge in [0.15, 0.2) is 0 Å². The van der Waals surface area contributed by atoms with Crippen LogP contribution in [0.2, 0.25) is 0 Å². The number of aromatic nitrogens is 1. The Balaban J connectivity index is 1.94. The van der Waals surface area contributed by atoms with Crippen molar-refractivity contribution in [2.75, 3.05) is 22.9 Å². The quantitative estimate of drug-likeness (QED) is 0.492. The number of anilines is 2. The van der Waals surface area contributed by atoms with E-state index in [-0.39, 0.29) is 24.0 Å². The molecule has 0 radical (unpaired) electrons. The van der Waals surface area contributed by atoms with E-state index in [0.29, 0.717) is 18.8 Å². The van der Waals surface area contributed by atoms with Gasteiger partial charge in [-0.15, -0.1) is 0 Å². The molecule has 0 aliphatic carbocycles. The fourth-order valence-electron chi connectivity index (χ4n) is 4.70. The van der Waals surface area contributed by atoms with Gasteiger partial charge in [-0.05, 0) is 64.9 Å². The lowest BCUT2D eigenvalue weighted by atomic mass is 9.93. The highest BCUT2D eigenvalue weighted by Gasteiger charge is 2.35. The van der Waals surface area contributed by atoms with Crippen LogP contribution in [0.5, 0.6) is 0 Å². The van der Waals surface area contributed by atoms with E-state index in [1.165, 1.54) is 0 Å². The first kappa shape index (κ1) is 26.3. The second kappa shape index (κ2) is 11.0. The maximum Gasteiger partial charge on any atom is 0.414 e. The summed E-state index contributed by atoms with van der Waals surface area (Å²) < 4.78 is 10.9. The molecule has 8 heteroatoms. The van der Waals surface area contributed by atoms with Crippen molar-refractivity contribution in [2.45, 2.75) is 79.5 Å². The molecule has 0 N–H and O–H groups in total. The van der Waals surface area contributed by atoms with Crippen LogP contribution in [0.25, 0.3) is 0 Å². The summed E-state index contributed by atoms with van der Waals surface area (Å²) in [5.74, 6) is 0.952. The van der Waals surface area contributed by atoms with Crippen LogP contribution in [0.4, 0.5) is 16.2 Å². The Bertz CT molecular complexity index is 1060. The summed E-state index contributed by atoms with van der Waals surface area (Å²) in [5, 5.41) is 4.06. The zero-order valence-electron chi connectivity index (χ0n) is 22.0. The third kappa shape index (κ3) is 5.69. The lowest BCUT2D eigenvalue weighted by molar-refractivity contribution is -0.117. The highest BCUT2D eigenvalue weighted by atomic mass is 16.6. The Morgan fingerprint density at radius 3 is 2.57 bits per heavy atom. The van der Waals surface area contributed by atoms with Crippen molar-refractivity contribution in [3.63, 3.8) is 0 Å². The minimum absolute atomic E-state index is 0.0484. The van der Waals surface area contributed by atoms with Crippen LogP contribution < -0.4 is 9.80 Å². The smallest absolute Gasteiger partial charge is 0.414 e. The molecule has 2 amide bonds. The highest BCUT2D eigenvalue weighted by Crippen LogP contribution is 2.39. The number of fused-ring (bicyclic) bond motifs is 1. The number of benzene rings is 1. The molecule has 0 saturated carbocycles. The standard InChI is InChI=1S/C27H38N4O4/c1-9-22(15-29(10-2)16-24-19(6)28-35-20(24)7)23-11-12-25-26(13-23)30(27(33)34-17(3)4)14-18(5)31(25)21(8)32/h10-13,17-18,22H,2,9,14-16H2,1,3-8H3. The van der Waals surface area contributed by atoms with Crippen molar-refractivity contribution in [2.24, 2.45) is 0 Å². The van der Waals surface area contributed by atoms with Crippen molar-refractivity contribution >= 4 is 23.4 Å². The third-order valence-corrected chi connectivity index (χ3v) is 6.55. The molecule has 0 saturated heterocycles. The van der Waals surface area contributed by atoms with E-state index in [0.717, 1.165) is 41.2 Å². The van der Waals surface area contributed by atoms with Crippen molar-refractivity contribution in [3.8, 4) is 0 Å². The lowest BCUT2D eigenvalue weighted by Gasteiger charge is -2.41. The number of carbonyl (C=O) groups is 2. The summed E-state index contributed by atoms with van der Waals surface area (Å²) in [6.07, 6.45) is 2.11. The summed E-state index contributed by atoms with van der Waals surface area (Å²) in [6.45, 7) is 19.0. The summed E-state index contributed by atoms with van der Waals surface area (Å²) in [6, 6.07) is 5.89. The molecule has 190 valence electrons. The Morgan fingerprint density at radius 2 is 2.03 bits per heavy atom. The lowest BCUT2D eigenvalue weighted by Crippen LogP contribution is -2.51. The number of aryl methyl sites for hydroxylation is 2. The van der Waals surface area contributed by atoms with Crippen LogP contribution in [-0.2, 0) is 16.1 Å². The Labute approximate surface area is 208 Å². The minimum Gasteiger partial charge on any atom is -0.446 e. The molecular formula is C27H38N4O4. The van der Waals surface area contributed by atoms with Gasteiger partial charge in [0.2, 0.25) is 5.91 Å². The van der Waals surface area contributed by atoms with Gasteiger partial charge < -0.3 is 19.1 Å². The first-order chi connectivity index (χ1) is 16.6. The van der Waals surface area contributed by atoms with Crippen LogP contribution in [0.1, 0.15) is 69.5 Å². The Morgan fingerprint density at radius 1 is 1.31 bits per heavy atom. The van der Waals surface area contributed by atoms with E-state index in [2.05, 4.69) is 29.6 Å². The number of amides is 2. The van der Waals surface area contributed by atoms with Gasteiger partial charge in [-0.3, -0.25) is 9.69 Å². The zero-order chi connectivity index (χ0) is 25.9. The summed E-state index contributed by atoms with van der Waals surface area (Å²) in [5.41, 5.74) is 4.48. The van der Waals surface area contributed by atoms with Gasteiger partial charge in [0, 0.05) is 38.0 Å². The van der Waals surface area contributed by atoms with Crippen LogP contribution >= 0.6 is 0 Å². The number of ether oxygens (including phenoxy) is 1. The van der Waals surface area contributed by atoms with E-state index in [1.807, 2.05) is 53.0 Å². The first-order valence-electron chi connectivity index (χ1n) is 12.3. The molecule has 2 aromatic rings. The fraction of sp³-hybridized carbons (Fsp3) is 0.519. The summed E-state index contributed by atoms with van der Waals surface area (Å²) in [4.78, 5) is 31.0. The van der Waals surface area contributed by atoms with Gasteiger partial charge in [0.1, 0.15) is 5.76 Å². The minimum atomic E-state index is -0.396. The fourth-order valence-corrected chi connectivity index (χ4v) is 4.70. The van der Waals surface area contributed by atoms with Gasteiger partial charge in [-0.1, -0.05) is 24.7 Å². The van der Waals surface area contributed by atoms with E-state index >= 15 is 0 Å². The molecule has 1 aromatic heterocycles. The van der Waals surface area contributed by atoms with Gasteiger partial charge >= 0.3 is 6.09 Å². The van der Waals surface area contributed by atoms with Crippen LogP contribution in [0, 0.1) is 13.8 Å². The first-order valence-corrected chi connectivity index (χ1v) is 12.3. The largest absolute Gasteiger partial charge is 0.446 e. The SMILES string of the molecule is C=CN(Cc1c(C)noc1C)CC(CC)c1ccc2c(c1)N(C(=O)OC(C)C)CC(C)N2C(C)=O. The summed E-state index contributed by atoms with van der Waals surface area (Å²) in [7, 11) is 0. The predicted molar refractivity (Wildman–Crippen MR) is 138 cm³/mol. The van der Waals surface area contributed by atoms with Gasteiger partial charge in [0.25, 0.3) is 0 Å². The molecule has 0 fully saturated rings. The average molecular weight is 483 g/mol. The molecule has 2 atom stereocenters. The van der Waals surface area contributed by atoms with Crippen molar-refractivity contribution in [1.29, 1.82) is 0 Å². The topological polar surface area (TPSA) is 79.1 Å². The molecule has 0 bridgehead atoms. The van der Waals surface area contributed by atoms with E-state index in [4.69, 9.17) is 9.26 Å². The Hall–Kier alpha value is -3.29. The molecule has 35 heavy (non-hydrogen) atoms. The van der Waals surface area contributed by atoms with Crippen molar-refractivity contribution in [1.82, 2.24) is 10.1 Å². The molecule has 3 rings (SSSR count). The number of carbonyl (C=O) groups excluding carboxylic acids is 2. The second-order valence-electron chi connectivity index (χ2n) is 9.55. The molecule has 8 nitrogen and oxygen atoms in total. The number of hydrogen-bond acceptors (Lipinski definition) is 6. The molecule has 0 spiro atoms. The summed E-state index contributed by atoms with van der Waals surface area (Å²) >= 11 is 0. The van der Waals surface area contributed by atoms with Gasteiger partial charge in [-0.2, -0.15) is 0 Å². The van der Waals surface area contributed by atoms with E-state index in [9.17, 15) is 9.59 Å². The second-order valence-corrected chi connectivity index (χ2v) is 9.55. The molecule has 2 unspecified atom stereocenters. The average Bonchev–Trinajstić information content (AvgIpc) is 3.11. The highest BCUT2D eigenvalue weighted by molar-refractivity contribution is 6.02. The maximum absolute atomic E-state index is 13.0. The number of hydrogen-bond donors (Lipinski definition) is 0. The Kier molecular flexibility index (Phi) is 8.25. The monoisotopic (exact) mass is 482 g/mol. The van der Waals surface area contributed by atoms with Crippen LogP contribution in [0.3, 0.4) is 0 Å². The molecule has 2 heterocycles. The predicted octanol–water partition coefficient (Wildman–Crippen LogP) is 5.54. The van der Waals surface area contributed by atoms with Crippen molar-refractivity contribution < 1.29 is 18.8 Å². The molecule has 1 aliphatic rings. The van der Waals surface area contributed by atoms with Gasteiger partial charge in [-0.25, -0.2) is 4.79 Å². The van der Waals surface area contributed by atoms with E-state index in [1.54, 1.807) is 16.7 Å². The zero-order valence-corrected chi connectivity index (χ0v) is 22.0. The van der Waals surface area contributed by atoms with E-state index < -0.39 is 6.09 Å². The number of nitrogens with zero attached hydrogens (tertiary/aromatic N) is 4. The maximum atomic E-state index is 13.0. The molecular weight excluding hydrogens is 444 g/mol. The van der Waals surface area contributed by atoms with Crippen LogP contribution in [0.15, 0.2) is 35.5 Å². The third-order valence-electron chi connectivity index (χ3n) is 6.55. The normalized spacial score (nSPS) is 16.2.